The molecule has 0 spiro atoms. The summed E-state index contributed by atoms with van der Waals surface area (Å²) in [5.41, 5.74) is 0. The van der Waals surface area contributed by atoms with Crippen LogP contribution in [0.25, 0.3) is 0 Å². The van der Waals surface area contributed by atoms with Crippen LogP contribution in [0.3, 0.4) is 0 Å². The highest BCUT2D eigenvalue weighted by Gasteiger charge is 2.20. The van der Waals surface area contributed by atoms with Crippen molar-refractivity contribution >= 4 is 18.3 Å². The van der Waals surface area contributed by atoms with E-state index in [4.69, 9.17) is 14.2 Å². The van der Waals surface area contributed by atoms with Crippen molar-refractivity contribution in [3.05, 3.63) is 24.3 Å². The molecule has 2 N–H and O–H groups in total. The van der Waals surface area contributed by atoms with Crippen molar-refractivity contribution in [1.82, 2.24) is 10.6 Å². The lowest BCUT2D eigenvalue weighted by molar-refractivity contribution is -0.120. The first kappa shape index (κ1) is 17.6. The Morgan fingerprint density at radius 2 is 2.14 bits per heavy atom. The van der Waals surface area contributed by atoms with Gasteiger partial charge in [0.2, 0.25) is 5.91 Å². The average molecular weight is 317 g/mol. The average Bonchev–Trinajstić information content (AvgIpc) is 2.49. The maximum absolute atomic E-state index is 11.6. The van der Waals surface area contributed by atoms with Gasteiger partial charge in [-0.25, -0.2) is 0 Å². The summed E-state index contributed by atoms with van der Waals surface area (Å²) >= 11 is 0. The number of methoxy groups -OCH3 is 1. The summed E-state index contributed by atoms with van der Waals surface area (Å²) in [6.45, 7) is 2.38. The Bertz CT molecular complexity index is 445. The number of carbonyl (C=O) groups is 1. The molecule has 1 aliphatic heterocycles. The van der Waals surface area contributed by atoms with E-state index in [-0.39, 0.29) is 31.0 Å². The van der Waals surface area contributed by atoms with Crippen LogP contribution in [-0.4, -0.2) is 52.0 Å². The van der Waals surface area contributed by atoms with Gasteiger partial charge in [0.1, 0.15) is 12.7 Å². The molecule has 1 amide bonds. The summed E-state index contributed by atoms with van der Waals surface area (Å²) in [7, 11) is 1.63. The molecule has 1 atom stereocenters. The minimum Gasteiger partial charge on any atom is -0.486 e. The lowest BCUT2D eigenvalue weighted by atomic mass is 10.2. The third-order valence-electron chi connectivity index (χ3n) is 2.86. The van der Waals surface area contributed by atoms with Crippen LogP contribution < -0.4 is 20.1 Å². The molecule has 0 saturated carbocycles. The smallest absolute Gasteiger partial charge is 0.234 e. The van der Waals surface area contributed by atoms with Gasteiger partial charge in [0.15, 0.2) is 11.5 Å². The molecule has 21 heavy (non-hydrogen) atoms. The molecule has 0 aliphatic carbocycles. The van der Waals surface area contributed by atoms with E-state index in [0.717, 1.165) is 11.5 Å². The van der Waals surface area contributed by atoms with Crippen molar-refractivity contribution in [1.29, 1.82) is 0 Å². The maximum atomic E-state index is 11.6. The highest BCUT2D eigenvalue weighted by Crippen LogP contribution is 2.30. The van der Waals surface area contributed by atoms with Crippen LogP contribution in [0.15, 0.2) is 24.3 Å². The normalized spacial score (nSPS) is 16.0. The van der Waals surface area contributed by atoms with Crippen LogP contribution in [0.1, 0.15) is 0 Å². The van der Waals surface area contributed by atoms with Crippen molar-refractivity contribution in [3.8, 4) is 11.5 Å². The van der Waals surface area contributed by atoms with Crippen molar-refractivity contribution in [3.63, 3.8) is 0 Å². The molecule has 1 heterocycles. The predicted molar refractivity (Wildman–Crippen MR) is 81.4 cm³/mol. The number of rotatable bonds is 7. The number of ether oxygens (including phenoxy) is 3. The van der Waals surface area contributed by atoms with Crippen LogP contribution in [0.4, 0.5) is 0 Å². The Kier molecular flexibility index (Phi) is 7.89. The zero-order valence-corrected chi connectivity index (χ0v) is 12.8. The number of fused-ring (bicyclic) bond motifs is 1. The fourth-order valence-corrected chi connectivity index (χ4v) is 1.83. The summed E-state index contributed by atoms with van der Waals surface area (Å²) in [5.74, 6) is 1.40. The topological polar surface area (TPSA) is 68.8 Å². The lowest BCUT2D eigenvalue weighted by Crippen LogP contribution is -2.43. The number of hydrogen-bond acceptors (Lipinski definition) is 5. The minimum absolute atomic E-state index is 0. The Hall–Kier alpha value is -1.50. The Labute approximate surface area is 130 Å². The van der Waals surface area contributed by atoms with Gasteiger partial charge in [-0.15, -0.1) is 12.4 Å². The molecule has 0 aromatic heterocycles. The van der Waals surface area contributed by atoms with E-state index in [9.17, 15) is 4.79 Å². The Morgan fingerprint density at radius 1 is 1.38 bits per heavy atom. The summed E-state index contributed by atoms with van der Waals surface area (Å²) in [5, 5.41) is 5.79. The molecule has 6 nitrogen and oxygen atoms in total. The van der Waals surface area contributed by atoms with E-state index in [0.29, 0.717) is 26.3 Å². The monoisotopic (exact) mass is 316 g/mol. The Morgan fingerprint density at radius 3 is 2.90 bits per heavy atom. The Balaban J connectivity index is 0.00000220. The van der Waals surface area contributed by atoms with E-state index in [1.807, 2.05) is 24.3 Å². The molecule has 1 unspecified atom stereocenters. The van der Waals surface area contributed by atoms with Crippen molar-refractivity contribution in [2.24, 2.45) is 0 Å². The predicted octanol–water partition coefficient (Wildman–Crippen LogP) is 0.600. The summed E-state index contributed by atoms with van der Waals surface area (Å²) in [6.07, 6.45) is -0.159. The second-order valence-corrected chi connectivity index (χ2v) is 4.47. The van der Waals surface area contributed by atoms with Gasteiger partial charge in [-0.2, -0.15) is 0 Å². The molecule has 2 rings (SSSR count). The van der Waals surface area contributed by atoms with Gasteiger partial charge in [-0.3, -0.25) is 4.79 Å². The van der Waals surface area contributed by atoms with E-state index < -0.39 is 0 Å². The second kappa shape index (κ2) is 9.44. The van der Waals surface area contributed by atoms with Gasteiger partial charge < -0.3 is 24.8 Å². The summed E-state index contributed by atoms with van der Waals surface area (Å²) < 4.78 is 16.2. The summed E-state index contributed by atoms with van der Waals surface area (Å²) in [6, 6.07) is 7.51. The molecule has 0 radical (unpaired) electrons. The molecule has 7 heteroatoms. The number of amides is 1. The number of nitrogens with one attached hydrogen (secondary N) is 2. The highest BCUT2D eigenvalue weighted by molar-refractivity contribution is 5.85. The molecule has 1 aromatic rings. The van der Waals surface area contributed by atoms with Crippen LogP contribution in [0.2, 0.25) is 0 Å². The SMILES string of the molecule is COCCNCC(=O)NCC1COc2ccccc2O1.Cl. The first-order valence-electron chi connectivity index (χ1n) is 6.64. The van der Waals surface area contributed by atoms with E-state index in [1.54, 1.807) is 7.11 Å². The van der Waals surface area contributed by atoms with Gasteiger partial charge in [0, 0.05) is 13.7 Å². The van der Waals surface area contributed by atoms with Gasteiger partial charge in [-0.05, 0) is 12.1 Å². The fourth-order valence-electron chi connectivity index (χ4n) is 1.83. The first-order valence-corrected chi connectivity index (χ1v) is 6.64. The fraction of sp³-hybridized carbons (Fsp3) is 0.500. The molecule has 1 aromatic carbocycles. The number of halogens is 1. The number of benzene rings is 1. The van der Waals surface area contributed by atoms with Crippen LogP contribution in [-0.2, 0) is 9.53 Å². The second-order valence-electron chi connectivity index (χ2n) is 4.47. The lowest BCUT2D eigenvalue weighted by Gasteiger charge is -2.26. The maximum Gasteiger partial charge on any atom is 0.234 e. The minimum atomic E-state index is -0.159. The molecule has 118 valence electrons. The van der Waals surface area contributed by atoms with Crippen molar-refractivity contribution < 1.29 is 19.0 Å². The van der Waals surface area contributed by atoms with Crippen LogP contribution in [0, 0.1) is 0 Å². The van der Waals surface area contributed by atoms with Crippen molar-refractivity contribution in [2.45, 2.75) is 6.10 Å². The number of hydrogen-bond donors (Lipinski definition) is 2. The largest absolute Gasteiger partial charge is 0.486 e. The summed E-state index contributed by atoms with van der Waals surface area (Å²) in [4.78, 5) is 11.6. The number of para-hydroxylation sites is 2. The van der Waals surface area contributed by atoms with E-state index >= 15 is 0 Å². The molecule has 0 saturated heterocycles. The zero-order chi connectivity index (χ0) is 14.2. The highest BCUT2D eigenvalue weighted by atomic mass is 35.5. The molecule has 0 fully saturated rings. The van der Waals surface area contributed by atoms with Gasteiger partial charge in [-0.1, -0.05) is 12.1 Å². The molecule has 0 bridgehead atoms. The van der Waals surface area contributed by atoms with Crippen molar-refractivity contribution in [2.75, 3.05) is 40.0 Å². The third kappa shape index (κ3) is 5.79. The van der Waals surface area contributed by atoms with Gasteiger partial charge in [0.05, 0.1) is 19.7 Å². The van der Waals surface area contributed by atoms with Crippen LogP contribution in [0.5, 0.6) is 11.5 Å². The standard InChI is InChI=1S/C14H20N2O4.ClH/c1-18-7-6-15-9-14(17)16-8-11-10-19-12-4-2-3-5-13(12)20-11;/h2-5,11,15H,6-10H2,1H3,(H,16,17);1H. The molecular formula is C14H21ClN2O4. The van der Waals surface area contributed by atoms with Gasteiger partial charge >= 0.3 is 0 Å². The first-order chi connectivity index (χ1) is 9.79. The quantitative estimate of drug-likeness (QED) is 0.721. The third-order valence-corrected chi connectivity index (χ3v) is 2.86. The van der Waals surface area contributed by atoms with E-state index in [2.05, 4.69) is 10.6 Å². The van der Waals surface area contributed by atoms with E-state index in [1.165, 1.54) is 0 Å². The zero-order valence-electron chi connectivity index (χ0n) is 12.0. The molecule has 1 aliphatic rings. The van der Waals surface area contributed by atoms with Gasteiger partial charge in [0.25, 0.3) is 0 Å². The molecular weight excluding hydrogens is 296 g/mol. The number of carbonyl (C=O) groups excluding carboxylic acids is 1. The van der Waals surface area contributed by atoms with Crippen LogP contribution >= 0.6 is 12.4 Å².